The van der Waals surface area contributed by atoms with Gasteiger partial charge in [0.1, 0.15) is 5.75 Å². The first-order valence-electron chi connectivity index (χ1n) is 6.40. The number of hydrogen-bond acceptors (Lipinski definition) is 2. The summed E-state index contributed by atoms with van der Waals surface area (Å²) >= 11 is 12.3. The van der Waals surface area contributed by atoms with Crippen molar-refractivity contribution in [3.05, 3.63) is 63.6 Å². The van der Waals surface area contributed by atoms with Crippen LogP contribution >= 0.6 is 23.2 Å². The van der Waals surface area contributed by atoms with E-state index in [-0.39, 0.29) is 6.04 Å². The van der Waals surface area contributed by atoms with E-state index in [0.717, 1.165) is 23.3 Å². The van der Waals surface area contributed by atoms with E-state index >= 15 is 0 Å². The van der Waals surface area contributed by atoms with Gasteiger partial charge in [-0.3, -0.25) is 0 Å². The quantitative estimate of drug-likeness (QED) is 0.877. The Balaban J connectivity index is 2.31. The van der Waals surface area contributed by atoms with Crippen molar-refractivity contribution in [2.75, 3.05) is 14.2 Å². The minimum absolute atomic E-state index is 0.113. The molecule has 0 fully saturated rings. The summed E-state index contributed by atoms with van der Waals surface area (Å²) in [5, 5.41) is 4.50. The largest absolute Gasteiger partial charge is 0.496 e. The molecule has 106 valence electrons. The number of rotatable bonds is 5. The molecule has 0 aliphatic heterocycles. The fourth-order valence-corrected chi connectivity index (χ4v) is 2.65. The molecule has 0 aromatic heterocycles. The van der Waals surface area contributed by atoms with Crippen LogP contribution in [0.4, 0.5) is 0 Å². The highest BCUT2D eigenvalue weighted by Gasteiger charge is 2.16. The Morgan fingerprint density at radius 3 is 2.55 bits per heavy atom. The summed E-state index contributed by atoms with van der Waals surface area (Å²) in [7, 11) is 3.60. The van der Waals surface area contributed by atoms with Gasteiger partial charge in [-0.05, 0) is 31.2 Å². The molecule has 0 heterocycles. The van der Waals surface area contributed by atoms with Crippen LogP contribution in [-0.4, -0.2) is 14.2 Å². The van der Waals surface area contributed by atoms with Crippen molar-refractivity contribution in [2.24, 2.45) is 0 Å². The minimum atomic E-state index is 0.113. The lowest BCUT2D eigenvalue weighted by atomic mass is 9.98. The summed E-state index contributed by atoms with van der Waals surface area (Å²) in [6.07, 6.45) is 0.746. The molecule has 2 rings (SSSR count). The lowest BCUT2D eigenvalue weighted by molar-refractivity contribution is 0.401. The smallest absolute Gasteiger partial charge is 0.123 e. The number of methoxy groups -OCH3 is 1. The maximum Gasteiger partial charge on any atom is 0.123 e. The Kier molecular flexibility index (Phi) is 5.30. The van der Waals surface area contributed by atoms with Crippen molar-refractivity contribution in [2.45, 2.75) is 12.5 Å². The number of para-hydroxylation sites is 1. The zero-order chi connectivity index (χ0) is 14.5. The number of hydrogen-bond donors (Lipinski definition) is 1. The maximum atomic E-state index is 6.26. The molecule has 1 unspecified atom stereocenters. The molecular weight excluding hydrogens is 293 g/mol. The van der Waals surface area contributed by atoms with Gasteiger partial charge in [-0.1, -0.05) is 53.5 Å². The summed E-state index contributed by atoms with van der Waals surface area (Å²) in [5.74, 6) is 0.866. The monoisotopic (exact) mass is 309 g/mol. The highest BCUT2D eigenvalue weighted by atomic mass is 35.5. The van der Waals surface area contributed by atoms with E-state index in [9.17, 15) is 0 Å². The van der Waals surface area contributed by atoms with E-state index in [1.54, 1.807) is 13.2 Å². The number of halogens is 2. The van der Waals surface area contributed by atoms with Crippen LogP contribution < -0.4 is 10.1 Å². The highest BCUT2D eigenvalue weighted by molar-refractivity contribution is 6.42. The summed E-state index contributed by atoms with van der Waals surface area (Å²) in [4.78, 5) is 0. The van der Waals surface area contributed by atoms with Crippen molar-refractivity contribution in [1.82, 2.24) is 5.32 Å². The van der Waals surface area contributed by atoms with E-state index in [4.69, 9.17) is 27.9 Å². The van der Waals surface area contributed by atoms with E-state index in [0.29, 0.717) is 10.0 Å². The van der Waals surface area contributed by atoms with E-state index in [2.05, 4.69) is 11.4 Å². The summed E-state index contributed by atoms with van der Waals surface area (Å²) < 4.78 is 5.42. The molecule has 0 amide bonds. The van der Waals surface area contributed by atoms with Gasteiger partial charge in [0.2, 0.25) is 0 Å². The molecule has 2 nitrogen and oxygen atoms in total. The molecule has 0 spiro atoms. The average molecular weight is 310 g/mol. The molecule has 0 saturated heterocycles. The molecular formula is C16H17Cl2NO. The van der Waals surface area contributed by atoms with Gasteiger partial charge in [0.15, 0.2) is 0 Å². The SMILES string of the molecule is CNC(Cc1cccc(Cl)c1Cl)c1ccccc1OC. The fraction of sp³-hybridized carbons (Fsp3) is 0.250. The zero-order valence-electron chi connectivity index (χ0n) is 11.5. The van der Waals surface area contributed by atoms with E-state index < -0.39 is 0 Å². The molecule has 0 aliphatic carbocycles. The first kappa shape index (κ1) is 15.2. The molecule has 20 heavy (non-hydrogen) atoms. The maximum absolute atomic E-state index is 6.26. The van der Waals surface area contributed by atoms with Crippen molar-refractivity contribution >= 4 is 23.2 Å². The molecule has 0 radical (unpaired) electrons. The van der Waals surface area contributed by atoms with Crippen LogP contribution in [0.25, 0.3) is 0 Å². The van der Waals surface area contributed by atoms with Crippen molar-refractivity contribution < 1.29 is 4.74 Å². The van der Waals surface area contributed by atoms with Gasteiger partial charge in [0.25, 0.3) is 0 Å². The number of benzene rings is 2. The second-order valence-corrected chi connectivity index (χ2v) is 5.29. The lowest BCUT2D eigenvalue weighted by Gasteiger charge is -2.20. The van der Waals surface area contributed by atoms with Crippen LogP contribution in [0.5, 0.6) is 5.75 Å². The molecule has 1 atom stereocenters. The first-order chi connectivity index (χ1) is 9.67. The third-order valence-corrected chi connectivity index (χ3v) is 4.18. The minimum Gasteiger partial charge on any atom is -0.496 e. The van der Waals surface area contributed by atoms with Crippen molar-refractivity contribution in [3.63, 3.8) is 0 Å². The second-order valence-electron chi connectivity index (χ2n) is 4.50. The van der Waals surface area contributed by atoms with Gasteiger partial charge < -0.3 is 10.1 Å². The van der Waals surface area contributed by atoms with Gasteiger partial charge in [0.05, 0.1) is 17.2 Å². The predicted octanol–water partition coefficient (Wildman–Crippen LogP) is 4.51. The standard InChI is InChI=1S/C16H17Cl2NO/c1-19-14(12-7-3-4-9-15(12)20-2)10-11-6-5-8-13(17)16(11)18/h3-9,14,19H,10H2,1-2H3. The second kappa shape index (κ2) is 6.98. The Labute approximate surface area is 129 Å². The van der Waals surface area contributed by atoms with Crippen LogP contribution in [0, 0.1) is 0 Å². The Hall–Kier alpha value is -1.22. The molecule has 4 heteroatoms. The average Bonchev–Trinajstić information content (AvgIpc) is 2.49. The fourth-order valence-electron chi connectivity index (χ4n) is 2.25. The van der Waals surface area contributed by atoms with Gasteiger partial charge in [0, 0.05) is 11.6 Å². The Morgan fingerprint density at radius 2 is 1.85 bits per heavy atom. The first-order valence-corrected chi connectivity index (χ1v) is 7.16. The summed E-state index contributed by atoms with van der Waals surface area (Å²) in [6, 6.07) is 13.8. The molecule has 2 aromatic rings. The van der Waals surface area contributed by atoms with E-state index in [1.165, 1.54) is 0 Å². The summed E-state index contributed by atoms with van der Waals surface area (Å²) in [5.41, 5.74) is 2.12. The van der Waals surface area contributed by atoms with Crippen molar-refractivity contribution in [1.29, 1.82) is 0 Å². The third-order valence-electron chi connectivity index (χ3n) is 3.32. The highest BCUT2D eigenvalue weighted by Crippen LogP contribution is 2.32. The topological polar surface area (TPSA) is 21.3 Å². The number of ether oxygens (including phenoxy) is 1. The Morgan fingerprint density at radius 1 is 1.10 bits per heavy atom. The Bertz CT molecular complexity index is 586. The van der Waals surface area contributed by atoms with Crippen molar-refractivity contribution in [3.8, 4) is 5.75 Å². The van der Waals surface area contributed by atoms with Crippen LogP contribution in [0.1, 0.15) is 17.2 Å². The van der Waals surface area contributed by atoms with Gasteiger partial charge in [-0.15, -0.1) is 0 Å². The van der Waals surface area contributed by atoms with Gasteiger partial charge in [-0.2, -0.15) is 0 Å². The summed E-state index contributed by atoms with van der Waals surface area (Å²) in [6.45, 7) is 0. The van der Waals surface area contributed by atoms with Gasteiger partial charge >= 0.3 is 0 Å². The molecule has 2 aromatic carbocycles. The lowest BCUT2D eigenvalue weighted by Crippen LogP contribution is -2.19. The zero-order valence-corrected chi connectivity index (χ0v) is 13.0. The van der Waals surface area contributed by atoms with Gasteiger partial charge in [-0.25, -0.2) is 0 Å². The molecule has 0 saturated carbocycles. The molecule has 0 aliphatic rings. The van der Waals surface area contributed by atoms with Crippen LogP contribution in [0.15, 0.2) is 42.5 Å². The normalized spacial score (nSPS) is 12.2. The molecule has 1 N–H and O–H groups in total. The molecule has 0 bridgehead atoms. The number of likely N-dealkylation sites (N-methyl/N-ethyl adjacent to an activating group) is 1. The van der Waals surface area contributed by atoms with Crippen LogP contribution in [0.3, 0.4) is 0 Å². The van der Waals surface area contributed by atoms with E-state index in [1.807, 2.05) is 37.4 Å². The predicted molar refractivity (Wildman–Crippen MR) is 85.0 cm³/mol. The number of nitrogens with one attached hydrogen (secondary N) is 1. The third kappa shape index (κ3) is 3.26. The van der Waals surface area contributed by atoms with Crippen LogP contribution in [0.2, 0.25) is 10.0 Å². The van der Waals surface area contributed by atoms with Crippen LogP contribution in [-0.2, 0) is 6.42 Å².